The van der Waals surface area contributed by atoms with Crippen LogP contribution in [0.1, 0.15) is 44.7 Å². The topological polar surface area (TPSA) is 118 Å². The number of hydrogen-bond donors (Lipinski definition) is 6. The molecule has 1 aromatic rings. The molecule has 0 aliphatic carbocycles. The van der Waals surface area contributed by atoms with Gasteiger partial charge in [-0.1, -0.05) is 23.8 Å². The molecule has 32 heavy (non-hydrogen) atoms. The molecular weight excluding hydrogens is 410 g/mol. The molecule has 9 nitrogen and oxygen atoms in total. The van der Waals surface area contributed by atoms with Gasteiger partial charge in [0.2, 0.25) is 0 Å². The Labute approximate surface area is 188 Å². The molecule has 4 rings (SSSR count). The van der Waals surface area contributed by atoms with Gasteiger partial charge in [-0.3, -0.25) is 15.1 Å². The predicted molar refractivity (Wildman–Crippen MR) is 120 cm³/mol. The Morgan fingerprint density at radius 2 is 2.19 bits per heavy atom. The highest BCUT2D eigenvalue weighted by Crippen LogP contribution is 2.33. The van der Waals surface area contributed by atoms with Crippen molar-refractivity contribution in [3.8, 4) is 5.75 Å². The van der Waals surface area contributed by atoms with Crippen LogP contribution in [0.3, 0.4) is 0 Å². The highest BCUT2D eigenvalue weighted by molar-refractivity contribution is 5.94. The van der Waals surface area contributed by atoms with E-state index in [1.807, 2.05) is 36.2 Å². The van der Waals surface area contributed by atoms with Crippen molar-refractivity contribution < 1.29 is 19.7 Å². The van der Waals surface area contributed by atoms with Crippen LogP contribution in [-0.2, 0) is 4.79 Å². The summed E-state index contributed by atoms with van der Waals surface area (Å²) < 4.78 is 5.60. The maximum atomic E-state index is 13.1. The summed E-state index contributed by atoms with van der Waals surface area (Å²) in [6.45, 7) is 4.47. The largest absolute Gasteiger partial charge is 0.491 e. The van der Waals surface area contributed by atoms with Gasteiger partial charge in [0.05, 0.1) is 18.8 Å². The van der Waals surface area contributed by atoms with Crippen LogP contribution in [0.15, 0.2) is 47.3 Å². The van der Waals surface area contributed by atoms with Gasteiger partial charge in [-0.2, -0.15) is 0 Å². The summed E-state index contributed by atoms with van der Waals surface area (Å²) in [5.74, 6) is 0.530. The van der Waals surface area contributed by atoms with Crippen LogP contribution in [0.25, 0.3) is 0 Å². The third kappa shape index (κ3) is 5.07. The number of nitrogens with one attached hydrogen (secondary N) is 4. The Bertz CT molecular complexity index is 902. The van der Waals surface area contributed by atoms with E-state index < -0.39 is 6.10 Å². The summed E-state index contributed by atoms with van der Waals surface area (Å²) in [7, 11) is 0. The molecule has 3 aliphatic rings. The molecule has 0 spiro atoms. The van der Waals surface area contributed by atoms with Crippen LogP contribution in [0.4, 0.5) is 0 Å². The highest BCUT2D eigenvalue weighted by Gasteiger charge is 2.39. The van der Waals surface area contributed by atoms with Gasteiger partial charge in [0.1, 0.15) is 30.3 Å². The molecule has 174 valence electrons. The smallest absolute Gasteiger partial charge is 0.272 e. The van der Waals surface area contributed by atoms with E-state index >= 15 is 0 Å². The van der Waals surface area contributed by atoms with Gasteiger partial charge in [-0.05, 0) is 44.4 Å². The van der Waals surface area contributed by atoms with E-state index in [4.69, 9.17) is 9.84 Å². The summed E-state index contributed by atoms with van der Waals surface area (Å²) in [5, 5.41) is 30.3. The molecule has 3 heterocycles. The quantitative estimate of drug-likeness (QED) is 0.339. The molecule has 0 saturated carbocycles. The van der Waals surface area contributed by atoms with Crippen molar-refractivity contribution in [3.63, 3.8) is 0 Å². The Hall–Kier alpha value is -2.59. The van der Waals surface area contributed by atoms with Crippen LogP contribution < -0.4 is 26.1 Å². The molecule has 1 saturated heterocycles. The minimum absolute atomic E-state index is 0.0195. The number of hydrazine groups is 1. The summed E-state index contributed by atoms with van der Waals surface area (Å²) >= 11 is 0. The molecule has 3 unspecified atom stereocenters. The van der Waals surface area contributed by atoms with Crippen molar-refractivity contribution in [1.29, 1.82) is 0 Å². The van der Waals surface area contributed by atoms with Crippen LogP contribution in [0.2, 0.25) is 0 Å². The fraction of sp³-hybridized carbons (Fsp3) is 0.522. The lowest BCUT2D eigenvalue weighted by atomic mass is 9.99. The van der Waals surface area contributed by atoms with Gasteiger partial charge >= 0.3 is 0 Å². The number of carbonyl (C=O) groups excluding carboxylic acids is 1. The van der Waals surface area contributed by atoms with Crippen molar-refractivity contribution in [2.75, 3.05) is 19.8 Å². The summed E-state index contributed by atoms with van der Waals surface area (Å²) in [6, 6.07) is 7.71. The van der Waals surface area contributed by atoms with E-state index in [0.717, 1.165) is 37.1 Å². The molecule has 1 amide bonds. The maximum Gasteiger partial charge on any atom is 0.272 e. The minimum atomic E-state index is -0.907. The number of rotatable bonds is 7. The average molecular weight is 444 g/mol. The van der Waals surface area contributed by atoms with Crippen molar-refractivity contribution in [3.05, 3.63) is 52.9 Å². The van der Waals surface area contributed by atoms with Gasteiger partial charge < -0.3 is 25.6 Å². The number of hydrogen-bond acceptors (Lipinski definition) is 8. The first-order valence-electron chi connectivity index (χ1n) is 11.2. The first kappa shape index (κ1) is 22.6. The summed E-state index contributed by atoms with van der Waals surface area (Å²) in [5.41, 5.74) is 7.31. The van der Waals surface area contributed by atoms with Crippen molar-refractivity contribution >= 4 is 5.91 Å². The first-order chi connectivity index (χ1) is 15.4. The van der Waals surface area contributed by atoms with Crippen LogP contribution >= 0.6 is 0 Å². The first-order valence-corrected chi connectivity index (χ1v) is 11.2. The number of amides is 1. The van der Waals surface area contributed by atoms with Crippen molar-refractivity contribution in [1.82, 2.24) is 26.4 Å². The van der Waals surface area contributed by atoms with Crippen LogP contribution in [0.5, 0.6) is 5.75 Å². The van der Waals surface area contributed by atoms with E-state index in [1.165, 1.54) is 5.57 Å². The molecule has 9 heteroatoms. The van der Waals surface area contributed by atoms with Gasteiger partial charge in [-0.25, -0.2) is 5.43 Å². The number of aliphatic hydroxyl groups is 2. The molecule has 6 N–H and O–H groups in total. The third-order valence-electron chi connectivity index (χ3n) is 6.09. The molecule has 1 fully saturated rings. The molecule has 0 aromatic heterocycles. The third-order valence-corrected chi connectivity index (χ3v) is 6.09. The molecule has 1 aromatic carbocycles. The monoisotopic (exact) mass is 443 g/mol. The fourth-order valence-electron chi connectivity index (χ4n) is 4.40. The standard InChI is InChI=1S/C23H33N5O4/c1-14-8-9-24-20(10-14)26-23(31)22-15(2)25-21-7-6-19(27-28(21)22)16-4-3-5-18(11-16)32-13-17(30)12-29/h3-5,8,11,17,19-21,24-25,27,29-30H,6-7,9-10,12-13H2,1-2H3,(H,26,31)/t17-,19?,20?,21?/m1/s1. The van der Waals surface area contributed by atoms with Crippen molar-refractivity contribution in [2.45, 2.75) is 57.6 Å². The number of fused-ring (bicyclic) bond motifs is 1. The van der Waals surface area contributed by atoms with E-state index in [0.29, 0.717) is 11.4 Å². The zero-order valence-electron chi connectivity index (χ0n) is 18.6. The predicted octanol–water partition coefficient (Wildman–Crippen LogP) is 0.603. The molecule has 0 bridgehead atoms. The van der Waals surface area contributed by atoms with Gasteiger partial charge in [0.25, 0.3) is 5.91 Å². The van der Waals surface area contributed by atoms with Gasteiger partial charge in [0.15, 0.2) is 0 Å². The van der Waals surface area contributed by atoms with Crippen LogP contribution in [0, 0.1) is 0 Å². The number of nitrogens with zero attached hydrogens (tertiary/aromatic N) is 1. The number of allylic oxidation sites excluding steroid dienone is 1. The van der Waals surface area contributed by atoms with Gasteiger partial charge in [0, 0.05) is 18.7 Å². The van der Waals surface area contributed by atoms with Crippen molar-refractivity contribution in [2.24, 2.45) is 0 Å². The number of carbonyl (C=O) groups is 1. The second-order valence-corrected chi connectivity index (χ2v) is 8.67. The minimum Gasteiger partial charge on any atom is -0.491 e. The van der Waals surface area contributed by atoms with E-state index in [-0.39, 0.29) is 37.5 Å². The lowest BCUT2D eigenvalue weighted by molar-refractivity contribution is -0.121. The zero-order chi connectivity index (χ0) is 22.7. The zero-order valence-corrected chi connectivity index (χ0v) is 18.6. The number of benzene rings is 1. The second kappa shape index (κ2) is 9.91. The molecule has 3 aliphatic heterocycles. The molecule has 0 radical (unpaired) electrons. The van der Waals surface area contributed by atoms with Gasteiger partial charge in [-0.15, -0.1) is 0 Å². The Morgan fingerprint density at radius 3 is 2.97 bits per heavy atom. The average Bonchev–Trinajstić information content (AvgIpc) is 3.12. The van der Waals surface area contributed by atoms with E-state index in [1.54, 1.807) is 0 Å². The maximum absolute atomic E-state index is 13.1. The number of ether oxygens (including phenoxy) is 1. The Morgan fingerprint density at radius 1 is 1.34 bits per heavy atom. The Kier molecular flexibility index (Phi) is 7.00. The number of aliphatic hydroxyl groups excluding tert-OH is 2. The van der Waals surface area contributed by atoms with E-state index in [2.05, 4.69) is 34.4 Å². The fourth-order valence-corrected chi connectivity index (χ4v) is 4.40. The Balaban J connectivity index is 1.43. The molecule has 4 atom stereocenters. The molecular formula is C23H33N5O4. The second-order valence-electron chi connectivity index (χ2n) is 8.67. The highest BCUT2D eigenvalue weighted by atomic mass is 16.5. The van der Waals surface area contributed by atoms with E-state index in [9.17, 15) is 9.90 Å². The van der Waals surface area contributed by atoms with Crippen LogP contribution in [-0.4, -0.2) is 59.3 Å². The lowest BCUT2D eigenvalue weighted by Crippen LogP contribution is -2.55. The SMILES string of the molecule is CC1=CCNC(NC(=O)C2=C(C)NC3CCC(c4cccc(OC[C@H](O)CO)c4)NN23)C1. The summed E-state index contributed by atoms with van der Waals surface area (Å²) in [4.78, 5) is 13.1. The summed E-state index contributed by atoms with van der Waals surface area (Å²) in [6.07, 6.45) is 3.76. The lowest BCUT2D eigenvalue weighted by Gasteiger charge is -2.39. The normalized spacial score (nSPS) is 26.2.